The number of ether oxygens (including phenoxy) is 2. The topological polar surface area (TPSA) is 147 Å². The Bertz CT molecular complexity index is 1690. The maximum Gasteiger partial charge on any atom is 0.249 e. The van der Waals surface area contributed by atoms with Crippen LogP contribution < -0.4 is 15.0 Å². The highest BCUT2D eigenvalue weighted by molar-refractivity contribution is 6.01. The zero-order chi connectivity index (χ0) is 29.1. The highest BCUT2D eigenvalue weighted by Crippen LogP contribution is 2.34. The van der Waals surface area contributed by atoms with Crippen molar-refractivity contribution in [1.82, 2.24) is 45.1 Å². The van der Waals surface area contributed by atoms with Crippen LogP contribution in [-0.4, -0.2) is 77.9 Å². The van der Waals surface area contributed by atoms with Gasteiger partial charge < -0.3 is 19.4 Å². The number of para-hydroxylation sites is 1. The smallest absolute Gasteiger partial charge is 0.249 e. The second-order valence-corrected chi connectivity index (χ2v) is 9.94. The first-order valence-electron chi connectivity index (χ1n) is 13.6. The number of aromatic nitrogens is 8. The number of tetrazole rings is 1. The molecule has 2 amide bonds. The van der Waals surface area contributed by atoms with E-state index in [0.717, 1.165) is 12.8 Å². The molecule has 0 spiro atoms. The van der Waals surface area contributed by atoms with Crippen molar-refractivity contribution in [3.8, 4) is 11.4 Å². The predicted molar refractivity (Wildman–Crippen MR) is 151 cm³/mol. The highest BCUT2D eigenvalue weighted by Gasteiger charge is 2.35. The minimum Gasteiger partial charge on any atom is -0.494 e. The molecule has 2 atom stereocenters. The molecule has 1 fully saturated rings. The van der Waals surface area contributed by atoms with E-state index in [2.05, 4.69) is 31.2 Å². The fourth-order valence-electron chi connectivity index (χ4n) is 5.21. The molecule has 1 N–H and O–H groups in total. The Hall–Kier alpha value is -5.11. The largest absolute Gasteiger partial charge is 0.494 e. The van der Waals surface area contributed by atoms with E-state index in [1.807, 2.05) is 54.2 Å². The summed E-state index contributed by atoms with van der Waals surface area (Å²) in [5, 5.41) is 22.8. The molecule has 5 aromatic rings. The molecule has 0 saturated carbocycles. The Kier molecular flexibility index (Phi) is 7.60. The predicted octanol–water partition coefficient (Wildman–Crippen LogP) is 1.82. The number of methoxy groups -OCH3 is 1. The molecular formula is C28H30N10O4. The van der Waals surface area contributed by atoms with Crippen LogP contribution in [-0.2, 0) is 27.9 Å². The molecule has 1 aliphatic heterocycles. The van der Waals surface area contributed by atoms with Gasteiger partial charge in [0.05, 0.1) is 24.4 Å². The third-order valence-corrected chi connectivity index (χ3v) is 7.31. The molecule has 0 bridgehead atoms. The van der Waals surface area contributed by atoms with Crippen LogP contribution in [0, 0.1) is 0 Å². The fourth-order valence-corrected chi connectivity index (χ4v) is 5.21. The number of rotatable bonds is 10. The normalized spacial score (nSPS) is 15.5. The summed E-state index contributed by atoms with van der Waals surface area (Å²) in [6, 6.07) is 15.2. The van der Waals surface area contributed by atoms with Gasteiger partial charge in [-0.25, -0.2) is 4.68 Å². The van der Waals surface area contributed by atoms with Gasteiger partial charge >= 0.3 is 0 Å². The van der Waals surface area contributed by atoms with Gasteiger partial charge in [0.25, 0.3) is 0 Å². The van der Waals surface area contributed by atoms with E-state index in [1.54, 1.807) is 18.2 Å². The maximum absolute atomic E-state index is 14.3. The molecule has 216 valence electrons. The number of nitrogens with one attached hydrogen (secondary N) is 1. The van der Waals surface area contributed by atoms with Gasteiger partial charge in [0.15, 0.2) is 6.04 Å². The Labute approximate surface area is 240 Å². The van der Waals surface area contributed by atoms with Gasteiger partial charge in [-0.05, 0) is 59.7 Å². The first-order valence-corrected chi connectivity index (χ1v) is 13.6. The molecule has 1 saturated heterocycles. The number of fused-ring (bicyclic) bond motifs is 1. The summed E-state index contributed by atoms with van der Waals surface area (Å²) < 4.78 is 16.2. The summed E-state index contributed by atoms with van der Waals surface area (Å²) in [7, 11) is 3.36. The van der Waals surface area contributed by atoms with Crippen LogP contribution in [0.3, 0.4) is 0 Å². The van der Waals surface area contributed by atoms with E-state index in [0.29, 0.717) is 47.0 Å². The minimum atomic E-state index is -1.02. The minimum absolute atomic E-state index is 0.0654. The number of nitrogens with zero attached hydrogens (tertiary/aromatic N) is 9. The van der Waals surface area contributed by atoms with Crippen molar-refractivity contribution in [2.45, 2.75) is 31.5 Å². The van der Waals surface area contributed by atoms with Crippen LogP contribution in [0.5, 0.6) is 5.75 Å². The Morgan fingerprint density at radius 2 is 2.05 bits per heavy atom. The van der Waals surface area contributed by atoms with Gasteiger partial charge in [-0.1, -0.05) is 17.3 Å². The lowest BCUT2D eigenvalue weighted by molar-refractivity contribution is -0.127. The third kappa shape index (κ3) is 5.31. The number of benzene rings is 2. The van der Waals surface area contributed by atoms with Crippen molar-refractivity contribution >= 4 is 28.5 Å². The number of carbonyl (C=O) groups is 2. The molecule has 4 heterocycles. The third-order valence-electron chi connectivity index (χ3n) is 7.31. The Balaban J connectivity index is 1.43. The summed E-state index contributed by atoms with van der Waals surface area (Å²) in [5.74, 6) is -0.303. The molecule has 0 aliphatic carbocycles. The molecule has 0 radical (unpaired) electrons. The van der Waals surface area contributed by atoms with Crippen molar-refractivity contribution in [2.75, 3.05) is 25.2 Å². The zero-order valence-corrected chi connectivity index (χ0v) is 23.2. The molecule has 1 aliphatic rings. The monoisotopic (exact) mass is 570 g/mol. The lowest BCUT2D eigenvalue weighted by Crippen LogP contribution is -2.47. The summed E-state index contributed by atoms with van der Waals surface area (Å²) >= 11 is 0. The van der Waals surface area contributed by atoms with Crippen molar-refractivity contribution < 1.29 is 19.1 Å². The number of carbonyl (C=O) groups excluding carboxylic acids is 2. The van der Waals surface area contributed by atoms with Gasteiger partial charge in [-0.15, -0.1) is 10.2 Å². The second kappa shape index (κ2) is 11.8. The van der Waals surface area contributed by atoms with Crippen molar-refractivity contribution in [1.29, 1.82) is 0 Å². The van der Waals surface area contributed by atoms with Crippen LogP contribution in [0.25, 0.3) is 16.7 Å². The van der Waals surface area contributed by atoms with E-state index >= 15 is 0 Å². The summed E-state index contributed by atoms with van der Waals surface area (Å²) in [6.45, 7) is 0.861. The van der Waals surface area contributed by atoms with Gasteiger partial charge in [0, 0.05) is 38.1 Å². The lowest BCUT2D eigenvalue weighted by Gasteiger charge is -2.32. The average Bonchev–Trinajstić information content (AvgIpc) is 3.83. The maximum atomic E-state index is 14.3. The second-order valence-electron chi connectivity index (χ2n) is 9.94. The van der Waals surface area contributed by atoms with Gasteiger partial charge in [0.2, 0.25) is 11.8 Å². The standard InChI is InChI=1S/C28H30N10O4/c1-35-13-5-10-24(35)27(28(40)29-16-20-7-6-14-42-20)38(26(39)17-36-22-9-4-3-8-21(22)31-33-36)19-11-12-23(25(15-19)41-2)37-18-30-32-34-37/h3-5,8-13,15,18,20,27H,6-7,14,16-17H2,1-2H3,(H,29,40)/t20-,27+/m0/s1. The molecule has 3 aromatic heterocycles. The first-order chi connectivity index (χ1) is 20.5. The number of aryl methyl sites for hydroxylation is 1. The number of hydrogen-bond donors (Lipinski definition) is 1. The van der Waals surface area contributed by atoms with Crippen LogP contribution >= 0.6 is 0 Å². The van der Waals surface area contributed by atoms with E-state index in [9.17, 15) is 9.59 Å². The van der Waals surface area contributed by atoms with Crippen LogP contribution in [0.4, 0.5) is 5.69 Å². The van der Waals surface area contributed by atoms with Gasteiger partial charge in [0.1, 0.15) is 29.8 Å². The van der Waals surface area contributed by atoms with Crippen molar-refractivity contribution in [2.24, 2.45) is 7.05 Å². The van der Waals surface area contributed by atoms with E-state index in [1.165, 1.54) is 27.7 Å². The molecule has 0 unspecified atom stereocenters. The van der Waals surface area contributed by atoms with E-state index in [-0.39, 0.29) is 24.5 Å². The van der Waals surface area contributed by atoms with Crippen LogP contribution in [0.2, 0.25) is 0 Å². The fraction of sp³-hybridized carbons (Fsp3) is 0.321. The average molecular weight is 571 g/mol. The quantitative estimate of drug-likeness (QED) is 0.266. The molecule has 2 aromatic carbocycles. The van der Waals surface area contributed by atoms with Gasteiger partial charge in [-0.2, -0.15) is 4.68 Å². The molecule has 14 heteroatoms. The Morgan fingerprint density at radius 3 is 2.79 bits per heavy atom. The summed E-state index contributed by atoms with van der Waals surface area (Å²) in [5.41, 5.74) is 3.00. The van der Waals surface area contributed by atoms with E-state index in [4.69, 9.17) is 9.47 Å². The summed E-state index contributed by atoms with van der Waals surface area (Å²) in [4.78, 5) is 29.8. The van der Waals surface area contributed by atoms with Crippen molar-refractivity contribution in [3.63, 3.8) is 0 Å². The molecular weight excluding hydrogens is 540 g/mol. The SMILES string of the molecule is COc1cc(N(C(=O)Cn2nnc3ccccc32)[C@@H](C(=O)NC[C@@H]2CCCO2)c2cccn2C)ccc1-n1cnnn1. The van der Waals surface area contributed by atoms with Crippen LogP contribution in [0.15, 0.2) is 67.1 Å². The Morgan fingerprint density at radius 1 is 1.17 bits per heavy atom. The zero-order valence-electron chi connectivity index (χ0n) is 23.2. The molecule has 6 rings (SSSR count). The van der Waals surface area contributed by atoms with Gasteiger partial charge in [-0.3, -0.25) is 14.5 Å². The van der Waals surface area contributed by atoms with E-state index < -0.39 is 6.04 Å². The molecule has 14 nitrogen and oxygen atoms in total. The lowest BCUT2D eigenvalue weighted by atomic mass is 10.1. The first kappa shape index (κ1) is 27.1. The van der Waals surface area contributed by atoms with Crippen molar-refractivity contribution in [3.05, 3.63) is 72.8 Å². The van der Waals surface area contributed by atoms with Crippen LogP contribution in [0.1, 0.15) is 24.6 Å². The summed E-state index contributed by atoms with van der Waals surface area (Å²) in [6.07, 6.45) is 5.04. The molecule has 42 heavy (non-hydrogen) atoms. The highest BCUT2D eigenvalue weighted by atomic mass is 16.5. The number of amides is 2. The number of hydrogen-bond acceptors (Lipinski definition) is 9. The number of anilines is 1.